The Balaban J connectivity index is 0.00000341. The fourth-order valence-electron chi connectivity index (χ4n) is 3.29. The van der Waals surface area contributed by atoms with Crippen LogP contribution in [0.25, 0.3) is 0 Å². The van der Waals surface area contributed by atoms with E-state index in [9.17, 15) is 18.3 Å². The predicted molar refractivity (Wildman–Crippen MR) is 117 cm³/mol. The van der Waals surface area contributed by atoms with Crippen LogP contribution < -0.4 is 22.4 Å². The van der Waals surface area contributed by atoms with Gasteiger partial charge in [-0.25, -0.2) is 8.42 Å². The van der Waals surface area contributed by atoms with E-state index in [0.717, 1.165) is 26.2 Å². The molecule has 0 spiro atoms. The quantitative estimate of drug-likeness (QED) is 0.364. The van der Waals surface area contributed by atoms with Crippen molar-refractivity contribution in [2.24, 2.45) is 0 Å². The van der Waals surface area contributed by atoms with Gasteiger partial charge >= 0.3 is 0 Å². The molecule has 8 nitrogen and oxygen atoms in total. The van der Waals surface area contributed by atoms with Gasteiger partial charge in [0.2, 0.25) is 0 Å². The summed E-state index contributed by atoms with van der Waals surface area (Å²) in [5.74, 6) is -0.560. The number of phenolic OH excluding ortho intramolecular Hbond substituents is 1. The van der Waals surface area contributed by atoms with Crippen LogP contribution in [0, 0.1) is 0 Å². The molecule has 170 valence electrons. The van der Waals surface area contributed by atoms with E-state index in [1.165, 1.54) is 24.3 Å². The molecular weight excluding hydrogens is 463 g/mol. The first-order valence-corrected chi connectivity index (χ1v) is 11.4. The molecule has 1 amide bonds. The lowest BCUT2D eigenvalue weighted by atomic mass is 10.2. The molecule has 1 saturated heterocycles. The number of anilines is 2. The molecule has 3 N–H and O–H groups in total. The molecule has 0 atom stereocenters. The van der Waals surface area contributed by atoms with Crippen LogP contribution in [0.1, 0.15) is 0 Å². The van der Waals surface area contributed by atoms with Gasteiger partial charge in [0.1, 0.15) is 5.75 Å². The molecule has 1 heterocycles. The van der Waals surface area contributed by atoms with Gasteiger partial charge in [0, 0.05) is 19.2 Å². The number of benzene rings is 2. The van der Waals surface area contributed by atoms with Crippen LogP contribution in [-0.2, 0) is 14.8 Å². The minimum atomic E-state index is -3.88. The third kappa shape index (κ3) is 6.47. The Kier molecular flexibility index (Phi) is 8.18. The van der Waals surface area contributed by atoms with Gasteiger partial charge in [-0.2, -0.15) is 0 Å². The van der Waals surface area contributed by atoms with Crippen molar-refractivity contribution in [3.8, 4) is 5.75 Å². The highest BCUT2D eigenvalue weighted by Gasteiger charge is 2.30. The van der Waals surface area contributed by atoms with E-state index >= 15 is 0 Å². The monoisotopic (exact) mass is 488 g/mol. The summed E-state index contributed by atoms with van der Waals surface area (Å²) in [4.78, 5) is 14.8. The van der Waals surface area contributed by atoms with Crippen LogP contribution in [0.2, 0.25) is 5.02 Å². The van der Waals surface area contributed by atoms with Crippen molar-refractivity contribution < 1.29 is 35.2 Å². The third-order valence-corrected chi connectivity index (χ3v) is 6.92. The second-order valence-electron chi connectivity index (χ2n) is 7.84. The van der Waals surface area contributed by atoms with Gasteiger partial charge in [-0.1, -0.05) is 29.8 Å². The van der Waals surface area contributed by atoms with Crippen molar-refractivity contribution >= 4 is 38.9 Å². The van der Waals surface area contributed by atoms with Gasteiger partial charge < -0.3 is 27.3 Å². The average Bonchev–Trinajstić information content (AvgIpc) is 2.69. The summed E-state index contributed by atoms with van der Waals surface area (Å²) in [6.45, 7) is 3.85. The number of likely N-dealkylation sites (N-methyl/N-ethyl adjacent to an activating group) is 2. The van der Waals surface area contributed by atoms with Crippen LogP contribution in [0.3, 0.4) is 0 Å². The van der Waals surface area contributed by atoms with Gasteiger partial charge in [-0.3, -0.25) is 14.4 Å². The molecule has 0 aromatic heterocycles. The van der Waals surface area contributed by atoms with Crippen molar-refractivity contribution in [2.45, 2.75) is 4.90 Å². The van der Waals surface area contributed by atoms with Crippen LogP contribution in [-0.4, -0.2) is 75.6 Å². The van der Waals surface area contributed by atoms with Gasteiger partial charge in [0.15, 0.2) is 6.54 Å². The number of nitrogens with one attached hydrogen (secondary N) is 2. The average molecular weight is 489 g/mol. The zero-order valence-corrected chi connectivity index (χ0v) is 19.6. The SMILES string of the molecule is CN1CC[N+](C)(CC(=O)Nc2cc(O)c(NS(=O)(=O)c3ccccc3)cc2Cl)CC1.[Cl-]. The number of carbonyl (C=O) groups is 1. The zero-order valence-electron chi connectivity index (χ0n) is 17.3. The Bertz CT molecular complexity index is 1030. The lowest BCUT2D eigenvalue weighted by Crippen LogP contribution is -3.00. The molecule has 0 saturated carbocycles. The first-order valence-electron chi connectivity index (χ1n) is 9.50. The molecule has 0 aliphatic carbocycles. The molecule has 2 aromatic rings. The number of piperazine rings is 1. The molecule has 0 bridgehead atoms. The van der Waals surface area contributed by atoms with E-state index in [2.05, 4.69) is 22.0 Å². The van der Waals surface area contributed by atoms with Crippen LogP contribution in [0.5, 0.6) is 5.75 Å². The highest BCUT2D eigenvalue weighted by atomic mass is 35.5. The maximum absolute atomic E-state index is 12.5. The number of carbonyl (C=O) groups excluding carboxylic acids is 1. The minimum absolute atomic E-state index is 0. The summed E-state index contributed by atoms with van der Waals surface area (Å²) >= 11 is 6.24. The van der Waals surface area contributed by atoms with Gasteiger partial charge in [-0.05, 0) is 25.2 Å². The van der Waals surface area contributed by atoms with Crippen molar-refractivity contribution in [1.82, 2.24) is 4.90 Å². The van der Waals surface area contributed by atoms with Crippen molar-refractivity contribution in [3.05, 3.63) is 47.5 Å². The topological polar surface area (TPSA) is 98.7 Å². The molecule has 0 unspecified atom stereocenters. The molecule has 31 heavy (non-hydrogen) atoms. The number of hydrogen-bond acceptors (Lipinski definition) is 5. The van der Waals surface area contributed by atoms with Crippen LogP contribution >= 0.6 is 11.6 Å². The number of rotatable bonds is 6. The number of sulfonamides is 1. The Hall–Kier alpha value is -2.04. The molecular formula is C20H26Cl2N4O4S. The summed E-state index contributed by atoms with van der Waals surface area (Å²) in [5, 5.41) is 13.1. The fourth-order valence-corrected chi connectivity index (χ4v) is 4.58. The van der Waals surface area contributed by atoms with E-state index in [0.29, 0.717) is 4.48 Å². The van der Waals surface area contributed by atoms with E-state index < -0.39 is 10.0 Å². The lowest BCUT2D eigenvalue weighted by Gasteiger charge is -2.40. The Morgan fingerprint density at radius 2 is 1.77 bits per heavy atom. The summed E-state index contributed by atoms with van der Waals surface area (Å²) < 4.78 is 27.9. The van der Waals surface area contributed by atoms with Crippen LogP contribution in [0.4, 0.5) is 11.4 Å². The molecule has 1 aliphatic heterocycles. The fraction of sp³-hybridized carbons (Fsp3) is 0.350. The maximum Gasteiger partial charge on any atom is 0.279 e. The predicted octanol–water partition coefficient (Wildman–Crippen LogP) is -0.819. The van der Waals surface area contributed by atoms with Crippen LogP contribution in [0.15, 0.2) is 47.4 Å². The molecule has 0 radical (unpaired) electrons. The van der Waals surface area contributed by atoms with Crippen molar-refractivity contribution in [1.29, 1.82) is 0 Å². The first kappa shape index (κ1) is 25.2. The smallest absolute Gasteiger partial charge is 0.279 e. The van der Waals surface area contributed by atoms with E-state index in [4.69, 9.17) is 11.6 Å². The number of amides is 1. The van der Waals surface area contributed by atoms with Gasteiger partial charge in [-0.15, -0.1) is 0 Å². The summed E-state index contributed by atoms with van der Waals surface area (Å²) in [6.07, 6.45) is 0. The second-order valence-corrected chi connectivity index (χ2v) is 9.93. The Labute approximate surface area is 193 Å². The highest BCUT2D eigenvalue weighted by molar-refractivity contribution is 7.92. The van der Waals surface area contributed by atoms with Gasteiger partial charge in [0.25, 0.3) is 15.9 Å². The van der Waals surface area contributed by atoms with Gasteiger partial charge in [0.05, 0.1) is 41.4 Å². The summed E-state index contributed by atoms with van der Waals surface area (Å²) in [5.41, 5.74) is 0.155. The van der Waals surface area contributed by atoms with Crippen molar-refractivity contribution in [3.63, 3.8) is 0 Å². The van der Waals surface area contributed by atoms with E-state index in [1.807, 2.05) is 7.05 Å². The number of halogens is 2. The molecule has 11 heteroatoms. The molecule has 2 aromatic carbocycles. The summed E-state index contributed by atoms with van der Waals surface area (Å²) in [7, 11) is 0.207. The van der Waals surface area contributed by atoms with Crippen molar-refractivity contribution in [2.75, 3.05) is 56.9 Å². The zero-order chi connectivity index (χ0) is 21.9. The minimum Gasteiger partial charge on any atom is -1.00 e. The number of phenols is 1. The summed E-state index contributed by atoms with van der Waals surface area (Å²) in [6, 6.07) is 10.3. The number of aromatic hydroxyl groups is 1. The maximum atomic E-state index is 12.5. The number of nitrogens with zero attached hydrogens (tertiary/aromatic N) is 2. The normalized spacial score (nSPS) is 16.2. The number of quaternary nitrogens is 1. The number of hydrogen-bond donors (Lipinski definition) is 3. The lowest BCUT2D eigenvalue weighted by molar-refractivity contribution is -0.905. The highest BCUT2D eigenvalue weighted by Crippen LogP contribution is 2.35. The second kappa shape index (κ2) is 10.1. The standard InChI is InChI=1S/C20H25ClN4O4S.ClH/c1-24-8-10-25(2,11-9-24)14-20(27)22-17-13-19(26)18(12-16(17)21)23-30(28,29)15-6-4-3-5-7-15;/h3-7,12-13,23H,8-11,14H2,1-2H3,(H-,22,26,27);1H. The molecule has 1 aliphatic rings. The van der Waals surface area contributed by atoms with E-state index in [1.54, 1.807) is 18.2 Å². The first-order chi connectivity index (χ1) is 14.1. The largest absolute Gasteiger partial charge is 1.00 e. The molecule has 3 rings (SSSR count). The molecule has 1 fully saturated rings. The Morgan fingerprint density at radius 1 is 1.16 bits per heavy atom. The Morgan fingerprint density at radius 3 is 2.39 bits per heavy atom. The van der Waals surface area contributed by atoms with E-state index in [-0.39, 0.29) is 51.9 Å². The third-order valence-electron chi connectivity index (χ3n) is 5.23.